The molecule has 0 spiro atoms. The second-order valence-corrected chi connectivity index (χ2v) is 10.9. The van der Waals surface area contributed by atoms with E-state index in [0.717, 1.165) is 31.7 Å². The van der Waals surface area contributed by atoms with Gasteiger partial charge in [0.15, 0.2) is 5.78 Å². The Kier molecular flexibility index (Phi) is 10.4. The fourth-order valence-electron chi connectivity index (χ4n) is 5.30. The van der Waals surface area contributed by atoms with Crippen LogP contribution in [0.1, 0.15) is 98.1 Å². The molecule has 6 heteroatoms. The molecule has 4 aromatic rings. The van der Waals surface area contributed by atoms with Crippen molar-refractivity contribution < 1.29 is 47.0 Å². The first-order valence-corrected chi connectivity index (χ1v) is 14.6. The van der Waals surface area contributed by atoms with E-state index in [9.17, 15) is 14.3 Å². The number of allylic oxidation sites excluding steroid dienone is 2. The Balaban J connectivity index is 0.000000444. The van der Waals surface area contributed by atoms with Crippen molar-refractivity contribution >= 4 is 27.3 Å². The van der Waals surface area contributed by atoms with Crippen molar-refractivity contribution in [2.75, 3.05) is 0 Å². The van der Waals surface area contributed by atoms with Gasteiger partial charge in [-0.3, -0.25) is 4.79 Å². The molecule has 1 N–H and O–H groups in total. The molecule has 3 nitrogen and oxygen atoms in total. The van der Waals surface area contributed by atoms with Gasteiger partial charge in [-0.1, -0.05) is 67.4 Å². The van der Waals surface area contributed by atoms with Gasteiger partial charge >= 0.3 is 0 Å². The number of aliphatic hydroxyl groups is 1. The van der Waals surface area contributed by atoms with Gasteiger partial charge in [-0.15, -0.1) is 34.9 Å². The van der Waals surface area contributed by atoms with Gasteiger partial charge in [-0.2, -0.15) is 0 Å². The Morgan fingerprint density at radius 1 is 0.930 bits per heavy atom. The molecule has 1 aromatic heterocycles. The summed E-state index contributed by atoms with van der Waals surface area (Å²) in [5.74, 6) is -1.07. The van der Waals surface area contributed by atoms with E-state index in [0.29, 0.717) is 16.2 Å². The SMILES string of the molecule is CCC(CC)C(=O)/C=C(\O)C(CC)CC.[2H]C([2H])([2H])c1[c-]c(-c2nccc3c2ccc2c(F)c(C(C)C)c(F)cc23)cc(C([2H])([2H])[2H])c1.[Ir]. The molecule has 3 aromatic carbocycles. The predicted molar refractivity (Wildman–Crippen MR) is 171 cm³/mol. The average Bonchev–Trinajstić information content (AvgIpc) is 3.01. The summed E-state index contributed by atoms with van der Waals surface area (Å²) < 4.78 is 76.3. The van der Waals surface area contributed by atoms with Gasteiger partial charge in [-0.25, -0.2) is 8.78 Å². The number of halogens is 2. The van der Waals surface area contributed by atoms with Crippen molar-refractivity contribution in [2.24, 2.45) is 11.8 Å². The first-order chi connectivity index (χ1) is 22.4. The van der Waals surface area contributed by atoms with Crippen molar-refractivity contribution in [1.29, 1.82) is 0 Å². The monoisotopic (exact) mass is 771 g/mol. The summed E-state index contributed by atoms with van der Waals surface area (Å²) in [6.45, 7) is 6.38. The molecule has 233 valence electrons. The largest absolute Gasteiger partial charge is 0.512 e. The molecule has 0 aliphatic carbocycles. The predicted octanol–water partition coefficient (Wildman–Crippen LogP) is 10.7. The Morgan fingerprint density at radius 3 is 2.16 bits per heavy atom. The molecular weight excluding hydrogens is 721 g/mol. The third-order valence-corrected chi connectivity index (χ3v) is 7.77. The fourth-order valence-corrected chi connectivity index (χ4v) is 5.30. The van der Waals surface area contributed by atoms with E-state index in [4.69, 9.17) is 8.22 Å². The molecule has 0 saturated heterocycles. The molecule has 43 heavy (non-hydrogen) atoms. The third kappa shape index (κ3) is 8.36. The van der Waals surface area contributed by atoms with Gasteiger partial charge in [0, 0.05) is 63.4 Å². The average molecular weight is 771 g/mol. The number of benzene rings is 3. The summed E-state index contributed by atoms with van der Waals surface area (Å²) in [7, 11) is 0. The van der Waals surface area contributed by atoms with Crippen molar-refractivity contribution in [3.8, 4) is 11.3 Å². The van der Waals surface area contributed by atoms with E-state index >= 15 is 4.39 Å². The van der Waals surface area contributed by atoms with Crippen LogP contribution in [0.25, 0.3) is 32.8 Å². The van der Waals surface area contributed by atoms with E-state index < -0.39 is 25.3 Å². The topological polar surface area (TPSA) is 50.2 Å². The number of aryl methyl sites for hydroxylation is 2. The molecule has 0 bridgehead atoms. The smallest absolute Gasteiger partial charge is 0.162 e. The van der Waals surface area contributed by atoms with Gasteiger partial charge in [0.25, 0.3) is 0 Å². The molecule has 0 amide bonds. The number of hydrogen-bond donors (Lipinski definition) is 1. The third-order valence-electron chi connectivity index (χ3n) is 7.77. The second kappa shape index (κ2) is 16.2. The molecule has 4 rings (SSSR count). The van der Waals surface area contributed by atoms with Gasteiger partial charge in [0.2, 0.25) is 0 Å². The molecule has 0 unspecified atom stereocenters. The van der Waals surface area contributed by atoms with Crippen LogP contribution in [-0.2, 0) is 24.9 Å². The first kappa shape index (κ1) is 27.6. The number of aliphatic hydroxyl groups excluding tert-OH is 1. The minimum atomic E-state index is -2.58. The number of ketones is 1. The van der Waals surface area contributed by atoms with Crippen LogP contribution < -0.4 is 0 Å². The molecule has 1 radical (unpaired) electrons. The number of aromatic nitrogens is 1. The van der Waals surface area contributed by atoms with Crippen molar-refractivity contribution in [3.05, 3.63) is 88.8 Å². The quantitative estimate of drug-likeness (QED) is 0.0798. The Bertz CT molecular complexity index is 1760. The standard InChI is InChI=1S/C24H20F2N.C13H24O2.Ir/c1-13(2)22-21(25)12-20-17-7-8-27-24(16-10-14(3)9-15(4)11-16)19(17)6-5-18(20)23(22)26;1-5-10(6-2)12(14)9-13(15)11(7-3)8-4;/h5-10,12-13H,1-4H3;9-11,14H,5-8H2,1-4H3;/q-1;;/b;12-9-;/i3D3,4D3;;. The van der Waals surface area contributed by atoms with Crippen LogP contribution in [0.3, 0.4) is 0 Å². The Hall–Kier alpha value is -2.95. The normalized spacial score (nSPS) is 14.3. The summed E-state index contributed by atoms with van der Waals surface area (Å²) in [6.07, 6.45) is 6.34. The summed E-state index contributed by atoms with van der Waals surface area (Å²) in [4.78, 5) is 16.1. The van der Waals surface area contributed by atoms with Gasteiger partial charge < -0.3 is 10.1 Å². The van der Waals surface area contributed by atoms with Crippen LogP contribution >= 0.6 is 0 Å². The zero-order chi connectivity index (χ0) is 36.1. The first-order valence-electron chi connectivity index (χ1n) is 17.6. The number of nitrogens with zero attached hydrogens (tertiary/aromatic N) is 1. The van der Waals surface area contributed by atoms with E-state index in [1.54, 1.807) is 26.0 Å². The zero-order valence-corrected chi connectivity index (χ0v) is 28.0. The number of fused-ring (bicyclic) bond motifs is 3. The van der Waals surface area contributed by atoms with Crippen LogP contribution in [0.15, 0.2) is 54.4 Å². The summed E-state index contributed by atoms with van der Waals surface area (Å²) in [5, 5.41) is 11.4. The van der Waals surface area contributed by atoms with Crippen LogP contribution in [-0.4, -0.2) is 15.9 Å². The van der Waals surface area contributed by atoms with Crippen LogP contribution in [0.4, 0.5) is 8.78 Å². The van der Waals surface area contributed by atoms with E-state index in [-0.39, 0.29) is 82.7 Å². The maximum absolute atomic E-state index is 15.1. The number of hydrogen-bond acceptors (Lipinski definition) is 3. The minimum Gasteiger partial charge on any atom is -0.512 e. The number of pyridine rings is 1. The van der Waals surface area contributed by atoms with Crippen molar-refractivity contribution in [1.82, 2.24) is 4.98 Å². The number of rotatable bonds is 9. The Labute approximate surface area is 277 Å². The van der Waals surface area contributed by atoms with Crippen LogP contribution in [0.2, 0.25) is 0 Å². The minimum absolute atomic E-state index is 0. The fraction of sp³-hybridized carbons (Fsp3) is 0.405. The van der Waals surface area contributed by atoms with Gasteiger partial charge in [0.1, 0.15) is 11.6 Å². The molecule has 0 aliphatic rings. The van der Waals surface area contributed by atoms with Gasteiger partial charge in [0.05, 0.1) is 5.76 Å². The molecule has 1 heterocycles. The van der Waals surface area contributed by atoms with E-state index in [2.05, 4.69) is 11.1 Å². The van der Waals surface area contributed by atoms with Crippen LogP contribution in [0, 0.1) is 43.2 Å². The Morgan fingerprint density at radius 2 is 1.58 bits per heavy atom. The molecular formula is C37H44F2IrNO2-. The van der Waals surface area contributed by atoms with Crippen molar-refractivity contribution in [2.45, 2.75) is 86.8 Å². The van der Waals surface area contributed by atoms with E-state index in [1.807, 2.05) is 27.7 Å². The summed E-state index contributed by atoms with van der Waals surface area (Å²) in [6, 6.07) is 11.3. The van der Waals surface area contributed by atoms with E-state index in [1.165, 1.54) is 30.5 Å². The van der Waals surface area contributed by atoms with Crippen LogP contribution in [0.5, 0.6) is 0 Å². The molecule has 0 atom stereocenters. The molecule has 0 fully saturated rings. The number of carbonyl (C=O) groups excluding carboxylic acids is 1. The maximum atomic E-state index is 15.1. The van der Waals surface area contributed by atoms with Gasteiger partial charge in [-0.05, 0) is 65.6 Å². The number of carbonyl (C=O) groups is 1. The molecule has 0 aliphatic heterocycles. The molecule has 0 saturated carbocycles. The maximum Gasteiger partial charge on any atom is 0.162 e. The summed E-state index contributed by atoms with van der Waals surface area (Å²) in [5.41, 5.74) is 0.0707. The second-order valence-electron chi connectivity index (χ2n) is 10.9. The van der Waals surface area contributed by atoms with Crippen molar-refractivity contribution in [3.63, 3.8) is 0 Å². The summed E-state index contributed by atoms with van der Waals surface area (Å²) >= 11 is 0. The zero-order valence-electron chi connectivity index (χ0n) is 31.6.